The van der Waals surface area contributed by atoms with Gasteiger partial charge in [-0.2, -0.15) is 0 Å². The number of Topliss-reactive ketones (excluding diaryl/α,β-unsaturated/α-hetero) is 1. The van der Waals surface area contributed by atoms with Gasteiger partial charge in [0.1, 0.15) is 34.1 Å². The molecule has 4 heterocycles. The number of hydrogen-bond donors (Lipinski definition) is 0. The van der Waals surface area contributed by atoms with Crippen LogP contribution < -0.4 is 14.2 Å². The minimum absolute atomic E-state index is 0.0580. The van der Waals surface area contributed by atoms with Gasteiger partial charge in [-0.25, -0.2) is 4.98 Å². The number of amides is 1. The molecule has 2 aromatic heterocycles. The number of esters is 1. The lowest BCUT2D eigenvalue weighted by atomic mass is 9.82. The molecule has 0 unspecified atom stereocenters. The Morgan fingerprint density at radius 3 is 2.49 bits per heavy atom. The minimum Gasteiger partial charge on any atom is -0.496 e. The molecular formula is C32H34N6O7. The van der Waals surface area contributed by atoms with E-state index in [0.29, 0.717) is 65.6 Å². The Morgan fingerprint density at radius 1 is 1.02 bits per heavy atom. The van der Waals surface area contributed by atoms with Gasteiger partial charge in [-0.15, -0.1) is 15.0 Å². The highest BCUT2D eigenvalue weighted by Gasteiger charge is 2.44. The van der Waals surface area contributed by atoms with Crippen LogP contribution in [-0.4, -0.2) is 80.7 Å². The number of rotatable bonds is 6. The third-order valence-corrected chi connectivity index (χ3v) is 8.11. The molecule has 2 aliphatic heterocycles. The molecule has 1 amide bonds. The zero-order valence-electron chi connectivity index (χ0n) is 25.8. The predicted octanol–water partition coefficient (Wildman–Crippen LogP) is 4.09. The fourth-order valence-corrected chi connectivity index (χ4v) is 5.57. The molecule has 6 rings (SSSR count). The number of methoxy groups -OCH3 is 2. The van der Waals surface area contributed by atoms with Gasteiger partial charge >= 0.3 is 5.97 Å². The molecular weight excluding hydrogens is 580 g/mol. The summed E-state index contributed by atoms with van der Waals surface area (Å²) in [5, 5.41) is 13.0. The molecule has 1 fully saturated rings. The zero-order valence-corrected chi connectivity index (χ0v) is 25.8. The first-order valence-corrected chi connectivity index (χ1v) is 14.6. The first-order chi connectivity index (χ1) is 21.5. The summed E-state index contributed by atoms with van der Waals surface area (Å²) in [4.78, 5) is 46.5. The number of hydrogen-bond acceptors (Lipinski definition) is 11. The number of benzene rings is 2. The molecule has 13 nitrogen and oxygen atoms in total. The van der Waals surface area contributed by atoms with E-state index in [1.165, 1.54) is 4.80 Å². The Hall–Kier alpha value is -5.07. The summed E-state index contributed by atoms with van der Waals surface area (Å²) in [6.45, 7) is 5.91. The van der Waals surface area contributed by atoms with Crippen molar-refractivity contribution < 1.29 is 33.3 Å². The molecule has 0 saturated carbocycles. The predicted molar refractivity (Wildman–Crippen MR) is 161 cm³/mol. The minimum atomic E-state index is -0.710. The summed E-state index contributed by atoms with van der Waals surface area (Å²) in [5.41, 5.74) is 0.478. The molecule has 13 heteroatoms. The van der Waals surface area contributed by atoms with Gasteiger partial charge in [0.05, 0.1) is 31.6 Å². The summed E-state index contributed by atoms with van der Waals surface area (Å²) in [6, 6.07) is 12.3. The van der Waals surface area contributed by atoms with Crippen molar-refractivity contribution in [1.29, 1.82) is 0 Å². The Labute approximate surface area is 259 Å². The lowest BCUT2D eigenvalue weighted by Crippen LogP contribution is -2.52. The van der Waals surface area contributed by atoms with Crippen LogP contribution in [0.2, 0.25) is 0 Å². The highest BCUT2D eigenvalue weighted by atomic mass is 16.5. The summed E-state index contributed by atoms with van der Waals surface area (Å²) in [5.74, 6) is 1.20. The van der Waals surface area contributed by atoms with Gasteiger partial charge in [-0.1, -0.05) is 6.07 Å². The maximum Gasteiger partial charge on any atom is 0.313 e. The average Bonchev–Trinajstić information content (AvgIpc) is 3.51. The van der Waals surface area contributed by atoms with Crippen LogP contribution in [0.5, 0.6) is 17.2 Å². The number of ketones is 1. The Balaban J connectivity index is 1.14. The van der Waals surface area contributed by atoms with Crippen molar-refractivity contribution in [2.24, 2.45) is 5.41 Å². The van der Waals surface area contributed by atoms with Crippen molar-refractivity contribution >= 4 is 28.6 Å². The number of tetrazole rings is 1. The zero-order chi connectivity index (χ0) is 31.9. The van der Waals surface area contributed by atoms with Crippen LogP contribution in [-0.2, 0) is 16.3 Å². The summed E-state index contributed by atoms with van der Waals surface area (Å²) in [7, 11) is 3.11. The lowest BCUT2D eigenvalue weighted by molar-refractivity contribution is -0.157. The maximum absolute atomic E-state index is 13.6. The van der Waals surface area contributed by atoms with E-state index in [2.05, 4.69) is 20.4 Å². The van der Waals surface area contributed by atoms with Crippen molar-refractivity contribution in [3.05, 3.63) is 53.7 Å². The van der Waals surface area contributed by atoms with E-state index in [0.717, 1.165) is 5.39 Å². The van der Waals surface area contributed by atoms with Crippen LogP contribution in [0.25, 0.3) is 22.3 Å². The second kappa shape index (κ2) is 11.5. The largest absolute Gasteiger partial charge is 0.496 e. The summed E-state index contributed by atoms with van der Waals surface area (Å²) >= 11 is 0. The lowest BCUT2D eigenvalue weighted by Gasteiger charge is -2.43. The molecule has 234 valence electrons. The molecule has 2 aliphatic rings. The summed E-state index contributed by atoms with van der Waals surface area (Å²) in [6.07, 6.45) is 1.17. The first kappa shape index (κ1) is 30.0. The molecule has 0 radical (unpaired) electrons. The standard InChI is InChI=1S/C32H34N6O7/c1-31(2,3)30(41)44-18-38-35-28(34-36-38)19-9-10-24-21(15-19)23(39)17-32(45-24)11-13-37(14-12-32)29(40)22-16-26(43-5)20-7-6-8-25(42-4)27(20)33-22/h6-10,15-16H,11-14,17-18H2,1-5H3. The normalized spacial score (nSPS) is 15.8. The highest BCUT2D eigenvalue weighted by Crippen LogP contribution is 2.41. The van der Waals surface area contributed by atoms with Crippen LogP contribution in [0, 0.1) is 5.41 Å². The van der Waals surface area contributed by atoms with Crippen LogP contribution in [0.3, 0.4) is 0 Å². The number of carbonyl (C=O) groups excluding carboxylic acids is 3. The summed E-state index contributed by atoms with van der Waals surface area (Å²) < 4.78 is 22.7. The number of aromatic nitrogens is 5. The van der Waals surface area contributed by atoms with Gasteiger partial charge in [0, 0.05) is 42.9 Å². The molecule has 0 atom stereocenters. The monoisotopic (exact) mass is 614 g/mol. The second-order valence-corrected chi connectivity index (χ2v) is 12.3. The van der Waals surface area contributed by atoms with Gasteiger partial charge in [0.15, 0.2) is 5.78 Å². The quantitative estimate of drug-likeness (QED) is 0.289. The molecule has 45 heavy (non-hydrogen) atoms. The fraction of sp³-hybridized carbons (Fsp3) is 0.406. The molecule has 2 aromatic carbocycles. The number of likely N-dealkylation sites (tertiary alicyclic amines) is 1. The molecule has 0 aliphatic carbocycles. The fourth-order valence-electron chi connectivity index (χ4n) is 5.57. The van der Waals surface area contributed by atoms with Crippen molar-refractivity contribution in [2.45, 2.75) is 52.4 Å². The Bertz CT molecular complexity index is 1800. The second-order valence-electron chi connectivity index (χ2n) is 12.3. The number of fused-ring (bicyclic) bond motifs is 2. The number of para-hydroxylation sites is 1. The van der Waals surface area contributed by atoms with E-state index in [1.54, 1.807) is 70.2 Å². The number of ether oxygens (including phenoxy) is 4. The third-order valence-electron chi connectivity index (χ3n) is 8.11. The van der Waals surface area contributed by atoms with Crippen LogP contribution in [0.4, 0.5) is 0 Å². The van der Waals surface area contributed by atoms with E-state index in [1.807, 2.05) is 12.1 Å². The van der Waals surface area contributed by atoms with Gasteiger partial charge in [-0.05, 0) is 56.3 Å². The van der Waals surface area contributed by atoms with Crippen LogP contribution in [0.15, 0.2) is 42.5 Å². The van der Waals surface area contributed by atoms with E-state index >= 15 is 0 Å². The van der Waals surface area contributed by atoms with E-state index in [4.69, 9.17) is 18.9 Å². The molecule has 1 spiro atoms. The Morgan fingerprint density at radius 2 is 1.78 bits per heavy atom. The number of nitrogens with zero attached hydrogens (tertiary/aromatic N) is 6. The van der Waals surface area contributed by atoms with E-state index < -0.39 is 11.0 Å². The van der Waals surface area contributed by atoms with Gasteiger partial charge in [-0.3, -0.25) is 14.4 Å². The maximum atomic E-state index is 13.6. The molecule has 4 aromatic rings. The van der Waals surface area contributed by atoms with E-state index in [9.17, 15) is 14.4 Å². The molecule has 0 N–H and O–H groups in total. The Kier molecular flexibility index (Phi) is 7.63. The van der Waals surface area contributed by atoms with E-state index in [-0.39, 0.29) is 36.5 Å². The van der Waals surface area contributed by atoms with Crippen molar-refractivity contribution in [2.75, 3.05) is 27.3 Å². The van der Waals surface area contributed by atoms with Gasteiger partial charge in [0.2, 0.25) is 12.6 Å². The number of piperidine rings is 1. The smallest absolute Gasteiger partial charge is 0.313 e. The van der Waals surface area contributed by atoms with Crippen molar-refractivity contribution in [3.63, 3.8) is 0 Å². The molecule has 1 saturated heterocycles. The first-order valence-electron chi connectivity index (χ1n) is 14.6. The van der Waals surface area contributed by atoms with Gasteiger partial charge < -0.3 is 23.8 Å². The van der Waals surface area contributed by atoms with Crippen LogP contribution >= 0.6 is 0 Å². The molecule has 0 bridgehead atoms. The topological polar surface area (TPSA) is 148 Å². The van der Waals surface area contributed by atoms with Crippen molar-refractivity contribution in [1.82, 2.24) is 30.1 Å². The SMILES string of the molecule is COc1cc(C(=O)N2CCC3(CC2)CC(=O)c2cc(-c4nnn(COC(=O)C(C)(C)C)n4)ccc2O3)nc2c(OC)cccc12. The van der Waals surface area contributed by atoms with Crippen molar-refractivity contribution in [3.8, 4) is 28.6 Å². The highest BCUT2D eigenvalue weighted by molar-refractivity contribution is 6.01. The van der Waals surface area contributed by atoms with Crippen LogP contribution in [0.1, 0.15) is 60.9 Å². The van der Waals surface area contributed by atoms with Gasteiger partial charge in [0.25, 0.3) is 5.91 Å². The number of pyridine rings is 1. The third kappa shape index (κ3) is 5.77. The number of carbonyl (C=O) groups is 3. The average molecular weight is 615 g/mol.